The number of hydrazine groups is 1. The molecule has 0 bridgehead atoms. The summed E-state index contributed by atoms with van der Waals surface area (Å²) in [5, 5.41) is 0. The van der Waals surface area contributed by atoms with Gasteiger partial charge in [-0.3, -0.25) is 0 Å². The van der Waals surface area contributed by atoms with Crippen molar-refractivity contribution in [3.63, 3.8) is 0 Å². The van der Waals surface area contributed by atoms with E-state index in [1.165, 1.54) is 32.6 Å². The molecule has 0 spiro atoms. The molecule has 1 heterocycles. The van der Waals surface area contributed by atoms with Crippen molar-refractivity contribution in [3.8, 4) is 5.75 Å². The van der Waals surface area contributed by atoms with Gasteiger partial charge in [0.05, 0.1) is 25.5 Å². The average Bonchev–Trinajstić information content (AvgIpc) is 2.46. The molecular formula is C13H13FN2O3. The smallest absolute Gasteiger partial charge is 0.339 e. The van der Waals surface area contributed by atoms with E-state index in [1.54, 1.807) is 12.1 Å². The van der Waals surface area contributed by atoms with Gasteiger partial charge in [-0.1, -0.05) is 0 Å². The van der Waals surface area contributed by atoms with Gasteiger partial charge in [0.25, 0.3) is 0 Å². The monoisotopic (exact) mass is 264 g/mol. The number of rotatable bonds is 3. The van der Waals surface area contributed by atoms with Crippen molar-refractivity contribution in [2.24, 2.45) is 0 Å². The third-order valence-electron chi connectivity index (χ3n) is 2.62. The average molecular weight is 264 g/mol. The highest BCUT2D eigenvalue weighted by Crippen LogP contribution is 2.23. The fourth-order valence-corrected chi connectivity index (χ4v) is 1.65. The van der Waals surface area contributed by atoms with Crippen molar-refractivity contribution in [1.29, 1.82) is 0 Å². The topological polar surface area (TPSA) is 59.6 Å². The summed E-state index contributed by atoms with van der Waals surface area (Å²) in [5.74, 6) is -0.783. The summed E-state index contributed by atoms with van der Waals surface area (Å²) in [7, 11) is 2.70. The molecule has 1 aliphatic rings. The van der Waals surface area contributed by atoms with E-state index >= 15 is 0 Å². The van der Waals surface area contributed by atoms with Crippen molar-refractivity contribution >= 4 is 11.7 Å². The third-order valence-corrected chi connectivity index (χ3v) is 2.62. The van der Waals surface area contributed by atoms with Crippen LogP contribution in [0.15, 0.2) is 36.0 Å². The molecule has 2 N–H and O–H groups in total. The fourth-order valence-electron chi connectivity index (χ4n) is 1.65. The van der Waals surface area contributed by atoms with Gasteiger partial charge in [0, 0.05) is 11.8 Å². The lowest BCUT2D eigenvalue weighted by atomic mass is 10.1. The standard InChI is InChI=1S/C13H13FN2O3/c1-18-12-4-3-8(5-10(12)14)11-6-9(7-15-16-11)13(17)19-2/h3-7,15-16H,1-2H3. The van der Waals surface area contributed by atoms with Gasteiger partial charge in [0.1, 0.15) is 0 Å². The zero-order valence-electron chi connectivity index (χ0n) is 10.5. The minimum absolute atomic E-state index is 0.164. The molecule has 0 unspecified atom stereocenters. The fraction of sp³-hybridized carbons (Fsp3) is 0.154. The van der Waals surface area contributed by atoms with Crippen LogP contribution in [0.2, 0.25) is 0 Å². The maximum atomic E-state index is 13.6. The summed E-state index contributed by atoms with van der Waals surface area (Å²) >= 11 is 0. The Kier molecular flexibility index (Phi) is 3.70. The van der Waals surface area contributed by atoms with E-state index in [0.717, 1.165) is 0 Å². The molecule has 0 aromatic heterocycles. The lowest BCUT2D eigenvalue weighted by molar-refractivity contribution is -0.135. The first kappa shape index (κ1) is 12.9. The number of carbonyl (C=O) groups excluding carboxylic acids is 1. The molecule has 0 atom stereocenters. The quantitative estimate of drug-likeness (QED) is 0.807. The molecule has 0 fully saturated rings. The Morgan fingerprint density at radius 3 is 2.74 bits per heavy atom. The molecule has 0 aliphatic carbocycles. The minimum atomic E-state index is -0.475. The molecule has 0 radical (unpaired) electrons. The van der Waals surface area contributed by atoms with Crippen LogP contribution in [0, 0.1) is 5.82 Å². The molecule has 1 aromatic carbocycles. The highest BCUT2D eigenvalue weighted by molar-refractivity contribution is 5.94. The highest BCUT2D eigenvalue weighted by Gasteiger charge is 2.14. The van der Waals surface area contributed by atoms with Crippen LogP contribution in [0.25, 0.3) is 5.70 Å². The number of hydrogen-bond donors (Lipinski definition) is 2. The van der Waals surface area contributed by atoms with Crippen LogP contribution in [0.4, 0.5) is 4.39 Å². The van der Waals surface area contributed by atoms with Crippen molar-refractivity contribution in [3.05, 3.63) is 47.4 Å². The molecule has 100 valence electrons. The second kappa shape index (κ2) is 5.43. The van der Waals surface area contributed by atoms with Crippen molar-refractivity contribution in [1.82, 2.24) is 10.9 Å². The molecule has 0 amide bonds. The van der Waals surface area contributed by atoms with E-state index in [2.05, 4.69) is 15.6 Å². The first-order valence-electron chi connectivity index (χ1n) is 5.51. The molecule has 0 saturated carbocycles. The summed E-state index contributed by atoms with van der Waals surface area (Å²) in [4.78, 5) is 11.4. The van der Waals surface area contributed by atoms with Gasteiger partial charge in [0.15, 0.2) is 11.6 Å². The molecule has 0 saturated heterocycles. The molecule has 19 heavy (non-hydrogen) atoms. The highest BCUT2D eigenvalue weighted by atomic mass is 19.1. The normalized spacial score (nSPS) is 13.6. The number of carbonyl (C=O) groups is 1. The summed E-state index contributed by atoms with van der Waals surface area (Å²) in [6.45, 7) is 0. The Bertz CT molecular complexity index is 567. The van der Waals surface area contributed by atoms with Crippen molar-refractivity contribution in [2.75, 3.05) is 14.2 Å². The lowest BCUT2D eigenvalue weighted by Crippen LogP contribution is -2.30. The van der Waals surface area contributed by atoms with Crippen LogP contribution in [-0.2, 0) is 9.53 Å². The van der Waals surface area contributed by atoms with E-state index in [1.807, 2.05) is 0 Å². The summed E-state index contributed by atoms with van der Waals surface area (Å²) in [6.07, 6.45) is 3.04. The summed E-state index contributed by atoms with van der Waals surface area (Å²) in [6, 6.07) is 4.52. The van der Waals surface area contributed by atoms with Crippen molar-refractivity contribution in [2.45, 2.75) is 0 Å². The Morgan fingerprint density at radius 2 is 2.11 bits per heavy atom. The van der Waals surface area contributed by atoms with Crippen LogP contribution < -0.4 is 15.6 Å². The van der Waals surface area contributed by atoms with Gasteiger partial charge in [0.2, 0.25) is 0 Å². The van der Waals surface area contributed by atoms with Crippen LogP contribution in [-0.4, -0.2) is 20.2 Å². The Morgan fingerprint density at radius 1 is 1.32 bits per heavy atom. The zero-order chi connectivity index (χ0) is 13.8. The lowest BCUT2D eigenvalue weighted by Gasteiger charge is -2.17. The van der Waals surface area contributed by atoms with Crippen LogP contribution in [0.3, 0.4) is 0 Å². The van der Waals surface area contributed by atoms with E-state index in [9.17, 15) is 9.18 Å². The second-order valence-electron chi connectivity index (χ2n) is 3.77. The third kappa shape index (κ3) is 2.67. The van der Waals surface area contributed by atoms with Gasteiger partial charge in [-0.25, -0.2) is 9.18 Å². The molecule has 6 heteroatoms. The van der Waals surface area contributed by atoms with E-state index in [0.29, 0.717) is 16.8 Å². The first-order chi connectivity index (χ1) is 9.15. The predicted octanol–water partition coefficient (Wildman–Crippen LogP) is 1.34. The summed E-state index contributed by atoms with van der Waals surface area (Å²) in [5.41, 5.74) is 7.02. The van der Waals surface area contributed by atoms with E-state index < -0.39 is 11.8 Å². The molecule has 1 aliphatic heterocycles. The maximum Gasteiger partial charge on any atom is 0.339 e. The zero-order valence-corrected chi connectivity index (χ0v) is 10.5. The Hall–Kier alpha value is -2.50. The molecule has 5 nitrogen and oxygen atoms in total. The number of benzene rings is 1. The number of ether oxygens (including phenoxy) is 2. The molecular weight excluding hydrogens is 251 g/mol. The predicted molar refractivity (Wildman–Crippen MR) is 67.3 cm³/mol. The van der Waals surface area contributed by atoms with E-state index in [4.69, 9.17) is 4.74 Å². The van der Waals surface area contributed by atoms with Gasteiger partial charge >= 0.3 is 5.97 Å². The number of nitrogens with one attached hydrogen (secondary N) is 2. The molecule has 1 aromatic rings. The number of esters is 1. The van der Waals surface area contributed by atoms with Gasteiger partial charge in [-0.15, -0.1) is 0 Å². The number of methoxy groups -OCH3 is 2. The minimum Gasteiger partial charge on any atom is -0.494 e. The first-order valence-corrected chi connectivity index (χ1v) is 5.51. The van der Waals surface area contributed by atoms with Gasteiger partial charge in [-0.2, -0.15) is 0 Å². The number of hydrogen-bond acceptors (Lipinski definition) is 5. The number of halogens is 1. The maximum absolute atomic E-state index is 13.6. The summed E-state index contributed by atoms with van der Waals surface area (Å²) < 4.78 is 23.1. The Labute approximate surface area is 109 Å². The van der Waals surface area contributed by atoms with Crippen LogP contribution in [0.5, 0.6) is 5.75 Å². The van der Waals surface area contributed by atoms with E-state index in [-0.39, 0.29) is 5.75 Å². The largest absolute Gasteiger partial charge is 0.494 e. The van der Waals surface area contributed by atoms with Crippen LogP contribution in [0.1, 0.15) is 5.56 Å². The Balaban J connectivity index is 2.32. The molecule has 2 rings (SSSR count). The van der Waals surface area contributed by atoms with Gasteiger partial charge in [-0.05, 0) is 24.3 Å². The van der Waals surface area contributed by atoms with Crippen LogP contribution >= 0.6 is 0 Å². The van der Waals surface area contributed by atoms with Crippen molar-refractivity contribution < 1.29 is 18.7 Å². The second-order valence-corrected chi connectivity index (χ2v) is 3.77. The SMILES string of the molecule is COC(=O)C1=CNNC(c2ccc(OC)c(F)c2)=C1. The van der Waals surface area contributed by atoms with Gasteiger partial charge < -0.3 is 20.3 Å².